The molecule has 0 amide bonds. The first-order chi connectivity index (χ1) is 8.64. The third kappa shape index (κ3) is 1.93. The number of rotatable bonds is 4. The van der Waals surface area contributed by atoms with E-state index in [0.29, 0.717) is 0 Å². The zero-order valence-electron chi connectivity index (χ0n) is 11.0. The summed E-state index contributed by atoms with van der Waals surface area (Å²) in [6, 6.07) is 8.44. The van der Waals surface area contributed by atoms with Crippen molar-refractivity contribution in [2.75, 3.05) is 5.88 Å². The molecule has 0 aliphatic heterocycles. The van der Waals surface area contributed by atoms with Gasteiger partial charge in [0.15, 0.2) is 0 Å². The smallest absolute Gasteiger partial charge is 0.0709 e. The fraction of sp³-hybridized carbons (Fsp3) is 0.533. The summed E-state index contributed by atoms with van der Waals surface area (Å²) in [5, 5.41) is 5.97. The van der Waals surface area contributed by atoms with E-state index in [9.17, 15) is 0 Å². The van der Waals surface area contributed by atoms with E-state index in [1.807, 2.05) is 11.7 Å². The predicted octanol–water partition coefficient (Wildman–Crippen LogP) is 3.77. The lowest BCUT2D eigenvalue weighted by molar-refractivity contribution is 0.310. The van der Waals surface area contributed by atoms with Gasteiger partial charge in [-0.1, -0.05) is 25.1 Å². The molecular formula is C15H19ClN2. The average Bonchev–Trinajstić information content (AvgIpc) is 3.18. The van der Waals surface area contributed by atoms with Crippen molar-refractivity contribution in [1.29, 1.82) is 0 Å². The van der Waals surface area contributed by atoms with Crippen molar-refractivity contribution in [3.8, 4) is 0 Å². The average molecular weight is 263 g/mol. The third-order valence-corrected chi connectivity index (χ3v) is 4.88. The Morgan fingerprint density at radius 2 is 2.11 bits per heavy atom. The normalized spacial score (nSPS) is 19.1. The molecule has 1 saturated carbocycles. The molecule has 96 valence electrons. The predicted molar refractivity (Wildman–Crippen MR) is 76.0 cm³/mol. The number of para-hydroxylation sites is 1. The van der Waals surface area contributed by atoms with Gasteiger partial charge in [-0.15, -0.1) is 11.6 Å². The Bertz CT molecular complexity index is 571. The van der Waals surface area contributed by atoms with Crippen LogP contribution in [0.1, 0.15) is 25.5 Å². The van der Waals surface area contributed by atoms with Crippen LogP contribution >= 0.6 is 11.6 Å². The Hall–Kier alpha value is -1.02. The summed E-state index contributed by atoms with van der Waals surface area (Å²) >= 11 is 6.22. The molecule has 1 aromatic carbocycles. The number of aryl methyl sites for hydroxylation is 1. The Morgan fingerprint density at radius 3 is 2.78 bits per heavy atom. The highest BCUT2D eigenvalue weighted by atomic mass is 35.5. The first kappa shape index (κ1) is 12.0. The summed E-state index contributed by atoms with van der Waals surface area (Å²) in [7, 11) is 2.01. The maximum Gasteiger partial charge on any atom is 0.0709 e. The molecule has 1 unspecified atom stereocenters. The van der Waals surface area contributed by atoms with Crippen molar-refractivity contribution in [2.45, 2.75) is 26.2 Å². The highest BCUT2D eigenvalue weighted by molar-refractivity contribution is 6.18. The van der Waals surface area contributed by atoms with E-state index in [-0.39, 0.29) is 5.41 Å². The van der Waals surface area contributed by atoms with E-state index in [1.165, 1.54) is 29.4 Å². The fourth-order valence-electron chi connectivity index (χ4n) is 2.88. The molecule has 1 aromatic heterocycles. The Labute approximate surface area is 113 Å². The lowest BCUT2D eigenvalue weighted by atomic mass is 9.82. The molecule has 1 fully saturated rings. The number of alkyl halides is 1. The minimum atomic E-state index is 0.207. The summed E-state index contributed by atoms with van der Waals surface area (Å²) < 4.78 is 1.98. The van der Waals surface area contributed by atoms with Crippen LogP contribution in [-0.4, -0.2) is 15.7 Å². The maximum atomic E-state index is 6.22. The molecule has 2 aromatic rings. The second-order valence-electron chi connectivity index (χ2n) is 5.83. The van der Waals surface area contributed by atoms with Gasteiger partial charge < -0.3 is 0 Å². The number of halogens is 1. The fourth-order valence-corrected chi connectivity index (χ4v) is 3.20. The van der Waals surface area contributed by atoms with Crippen LogP contribution in [0, 0.1) is 11.3 Å². The van der Waals surface area contributed by atoms with Crippen molar-refractivity contribution in [3.63, 3.8) is 0 Å². The highest BCUT2D eigenvalue weighted by Crippen LogP contribution is 2.48. The molecular weight excluding hydrogens is 244 g/mol. The van der Waals surface area contributed by atoms with Crippen LogP contribution in [0.25, 0.3) is 10.9 Å². The minimum absolute atomic E-state index is 0.207. The topological polar surface area (TPSA) is 17.8 Å². The first-order valence-corrected chi connectivity index (χ1v) is 7.14. The van der Waals surface area contributed by atoms with Crippen LogP contribution in [-0.2, 0) is 13.5 Å². The standard InChI is InChI=1S/C15H19ClN2/c1-15(10-16,11-7-8-11)9-13-12-5-3-4-6-14(12)18(2)17-13/h3-6,11H,7-10H2,1-2H3. The van der Waals surface area contributed by atoms with E-state index in [1.54, 1.807) is 0 Å². The lowest BCUT2D eigenvalue weighted by Crippen LogP contribution is -2.24. The highest BCUT2D eigenvalue weighted by Gasteiger charge is 2.41. The molecule has 1 heterocycles. The van der Waals surface area contributed by atoms with Gasteiger partial charge in [0, 0.05) is 18.3 Å². The molecule has 0 saturated heterocycles. The van der Waals surface area contributed by atoms with Gasteiger partial charge in [-0.25, -0.2) is 0 Å². The van der Waals surface area contributed by atoms with E-state index >= 15 is 0 Å². The number of fused-ring (bicyclic) bond motifs is 1. The van der Waals surface area contributed by atoms with E-state index < -0.39 is 0 Å². The van der Waals surface area contributed by atoms with E-state index in [4.69, 9.17) is 16.7 Å². The Kier molecular flexibility index (Phi) is 2.86. The van der Waals surface area contributed by atoms with Gasteiger partial charge in [-0.3, -0.25) is 4.68 Å². The molecule has 3 rings (SSSR count). The molecule has 3 heteroatoms. The van der Waals surface area contributed by atoms with Crippen LogP contribution in [0.2, 0.25) is 0 Å². The second-order valence-corrected chi connectivity index (χ2v) is 6.09. The monoisotopic (exact) mass is 262 g/mol. The summed E-state index contributed by atoms with van der Waals surface area (Å²) in [6.07, 6.45) is 3.64. The number of aromatic nitrogens is 2. The molecule has 0 N–H and O–H groups in total. The quantitative estimate of drug-likeness (QED) is 0.767. The third-order valence-electron chi connectivity index (χ3n) is 4.27. The molecule has 0 bridgehead atoms. The molecule has 0 radical (unpaired) electrons. The number of benzene rings is 1. The zero-order chi connectivity index (χ0) is 12.8. The number of nitrogens with zero attached hydrogens (tertiary/aromatic N) is 2. The van der Waals surface area contributed by atoms with Crippen molar-refractivity contribution in [3.05, 3.63) is 30.0 Å². The first-order valence-electron chi connectivity index (χ1n) is 6.60. The summed E-state index contributed by atoms with van der Waals surface area (Å²) in [6.45, 7) is 2.31. The van der Waals surface area contributed by atoms with Gasteiger partial charge in [0.2, 0.25) is 0 Å². The van der Waals surface area contributed by atoms with Crippen LogP contribution in [0.4, 0.5) is 0 Å². The van der Waals surface area contributed by atoms with E-state index in [0.717, 1.165) is 18.2 Å². The summed E-state index contributed by atoms with van der Waals surface area (Å²) in [5.41, 5.74) is 2.61. The SMILES string of the molecule is Cn1nc(CC(C)(CCl)C2CC2)c2ccccc21. The Balaban J connectivity index is 1.99. The molecule has 0 spiro atoms. The van der Waals surface area contributed by atoms with E-state index in [2.05, 4.69) is 31.2 Å². The van der Waals surface area contributed by atoms with Gasteiger partial charge in [0.1, 0.15) is 0 Å². The summed E-state index contributed by atoms with van der Waals surface area (Å²) in [4.78, 5) is 0. The van der Waals surface area contributed by atoms with Gasteiger partial charge in [-0.2, -0.15) is 5.10 Å². The summed E-state index contributed by atoms with van der Waals surface area (Å²) in [5.74, 6) is 1.51. The lowest BCUT2D eigenvalue weighted by Gasteiger charge is -2.26. The molecule has 1 aliphatic carbocycles. The largest absolute Gasteiger partial charge is 0.268 e. The number of hydrogen-bond donors (Lipinski definition) is 0. The van der Waals surface area contributed by atoms with Crippen molar-refractivity contribution in [1.82, 2.24) is 9.78 Å². The van der Waals surface area contributed by atoms with Crippen molar-refractivity contribution >= 4 is 22.5 Å². The molecule has 1 aliphatic rings. The van der Waals surface area contributed by atoms with Crippen LogP contribution in [0.3, 0.4) is 0 Å². The van der Waals surface area contributed by atoms with Crippen LogP contribution < -0.4 is 0 Å². The van der Waals surface area contributed by atoms with Crippen molar-refractivity contribution in [2.24, 2.45) is 18.4 Å². The Morgan fingerprint density at radius 1 is 1.39 bits per heavy atom. The second kappa shape index (κ2) is 4.27. The minimum Gasteiger partial charge on any atom is -0.268 e. The molecule has 1 atom stereocenters. The van der Waals surface area contributed by atoms with Gasteiger partial charge in [-0.05, 0) is 36.7 Å². The molecule has 2 nitrogen and oxygen atoms in total. The molecule has 18 heavy (non-hydrogen) atoms. The van der Waals surface area contributed by atoms with Crippen molar-refractivity contribution < 1.29 is 0 Å². The zero-order valence-corrected chi connectivity index (χ0v) is 11.7. The van der Waals surface area contributed by atoms with Gasteiger partial charge in [0.25, 0.3) is 0 Å². The van der Waals surface area contributed by atoms with Gasteiger partial charge >= 0.3 is 0 Å². The van der Waals surface area contributed by atoms with Gasteiger partial charge in [0.05, 0.1) is 11.2 Å². The van der Waals surface area contributed by atoms with Crippen LogP contribution in [0.15, 0.2) is 24.3 Å². The van der Waals surface area contributed by atoms with Crippen LogP contribution in [0.5, 0.6) is 0 Å². The number of hydrogen-bond acceptors (Lipinski definition) is 1. The maximum absolute atomic E-state index is 6.22.